The second-order valence-corrected chi connectivity index (χ2v) is 10.2. The van der Waals surface area contributed by atoms with Crippen LogP contribution in [0.1, 0.15) is 23.6 Å². The fraction of sp³-hybridized carbons (Fsp3) is 0.227. The number of methoxy groups -OCH3 is 1. The van der Waals surface area contributed by atoms with Gasteiger partial charge < -0.3 is 9.47 Å². The fourth-order valence-electron chi connectivity index (χ4n) is 3.00. The van der Waals surface area contributed by atoms with E-state index in [0.29, 0.717) is 6.61 Å². The topological polar surface area (TPSA) is 72.9 Å². The van der Waals surface area contributed by atoms with Gasteiger partial charge in [0, 0.05) is 0 Å². The zero-order chi connectivity index (χ0) is 22.7. The van der Waals surface area contributed by atoms with Crippen molar-refractivity contribution in [2.24, 2.45) is 0 Å². The summed E-state index contributed by atoms with van der Waals surface area (Å²) in [5.41, 5.74) is 3.04. The smallest absolute Gasteiger partial charge is 0.328 e. The number of halogens is 2. The van der Waals surface area contributed by atoms with E-state index in [1.807, 2.05) is 37.3 Å². The second-order valence-electron chi connectivity index (χ2n) is 6.84. The van der Waals surface area contributed by atoms with Gasteiger partial charge in [0.15, 0.2) is 0 Å². The highest BCUT2D eigenvalue weighted by Crippen LogP contribution is 2.36. The van der Waals surface area contributed by atoms with Crippen LogP contribution in [0.15, 0.2) is 41.3 Å². The third-order valence-corrected chi connectivity index (χ3v) is 7.02. The van der Waals surface area contributed by atoms with Crippen LogP contribution in [0.3, 0.4) is 0 Å². The molecule has 1 aliphatic rings. The molecule has 31 heavy (non-hydrogen) atoms. The number of carbonyl (C=O) groups is 3. The molecule has 1 fully saturated rings. The Morgan fingerprint density at radius 2 is 1.87 bits per heavy atom. The minimum Gasteiger partial charge on any atom is -0.487 e. The maximum atomic E-state index is 12.7. The first-order valence-corrected chi connectivity index (χ1v) is 12.2. The number of thioether (sulfide) groups is 1. The van der Waals surface area contributed by atoms with Crippen LogP contribution in [0.2, 0.25) is 0 Å². The second kappa shape index (κ2) is 10.3. The van der Waals surface area contributed by atoms with Gasteiger partial charge in [0.2, 0.25) is 0 Å². The summed E-state index contributed by atoms with van der Waals surface area (Å²) in [5, 5.41) is -0.489. The number of hydrogen-bond acceptors (Lipinski definition) is 6. The standard InChI is InChI=1S/C22H19I2NO5S/c1-12-5-4-6-14(7-12)11-30-19-16(23)8-15(9-17(19)24)10-18-20(26)25(22(28)31-18)13(2)21(27)29-3/h4-10,13H,11H2,1-3H3/b18-10+/t13-/m1/s1. The molecule has 1 atom stereocenters. The van der Waals surface area contributed by atoms with Crippen molar-refractivity contribution in [3.05, 3.63) is 65.1 Å². The number of benzene rings is 2. The predicted molar refractivity (Wildman–Crippen MR) is 137 cm³/mol. The number of rotatable bonds is 6. The van der Waals surface area contributed by atoms with Crippen LogP contribution in [0.25, 0.3) is 6.08 Å². The van der Waals surface area contributed by atoms with Gasteiger partial charge in [-0.25, -0.2) is 4.79 Å². The van der Waals surface area contributed by atoms with Crippen LogP contribution in [0.4, 0.5) is 4.79 Å². The van der Waals surface area contributed by atoms with Crippen molar-refractivity contribution in [3.63, 3.8) is 0 Å². The maximum absolute atomic E-state index is 12.7. The fourth-order valence-corrected chi connectivity index (χ4v) is 6.04. The number of hydrogen-bond donors (Lipinski definition) is 0. The Kier molecular flexibility index (Phi) is 8.03. The van der Waals surface area contributed by atoms with E-state index in [-0.39, 0.29) is 4.91 Å². The molecule has 0 radical (unpaired) electrons. The highest BCUT2D eigenvalue weighted by Gasteiger charge is 2.41. The lowest BCUT2D eigenvalue weighted by molar-refractivity contribution is -0.148. The van der Waals surface area contributed by atoms with Gasteiger partial charge in [-0.2, -0.15) is 0 Å². The van der Waals surface area contributed by atoms with Gasteiger partial charge in [0.1, 0.15) is 18.4 Å². The molecule has 0 saturated carbocycles. The Bertz CT molecular complexity index is 1060. The van der Waals surface area contributed by atoms with E-state index >= 15 is 0 Å². The zero-order valence-electron chi connectivity index (χ0n) is 17.0. The van der Waals surface area contributed by atoms with E-state index in [1.54, 1.807) is 6.08 Å². The molecule has 6 nitrogen and oxygen atoms in total. The largest absolute Gasteiger partial charge is 0.487 e. The SMILES string of the molecule is COC(=O)[C@@H](C)N1C(=O)S/C(=C/c2cc(I)c(OCc3cccc(C)c3)c(I)c2)C1=O. The van der Waals surface area contributed by atoms with Crippen molar-refractivity contribution in [1.29, 1.82) is 0 Å². The molecule has 162 valence electrons. The third kappa shape index (κ3) is 5.61. The Balaban J connectivity index is 1.79. The number of amides is 2. The molecular weight excluding hydrogens is 644 g/mol. The van der Waals surface area contributed by atoms with Crippen molar-refractivity contribution < 1.29 is 23.9 Å². The van der Waals surface area contributed by atoms with Crippen LogP contribution in [-0.4, -0.2) is 35.2 Å². The average molecular weight is 663 g/mol. The summed E-state index contributed by atoms with van der Waals surface area (Å²) < 4.78 is 12.5. The molecule has 2 amide bonds. The number of nitrogens with zero attached hydrogens (tertiary/aromatic N) is 1. The lowest BCUT2D eigenvalue weighted by Crippen LogP contribution is -2.42. The van der Waals surface area contributed by atoms with Gasteiger partial charge in [0.05, 0.1) is 19.2 Å². The summed E-state index contributed by atoms with van der Waals surface area (Å²) in [5.74, 6) is -0.368. The number of carbonyl (C=O) groups excluding carboxylic acids is 3. The quantitative estimate of drug-likeness (QED) is 0.235. The molecule has 2 aromatic rings. The molecule has 0 aliphatic carbocycles. The van der Waals surface area contributed by atoms with Crippen LogP contribution < -0.4 is 4.74 Å². The highest BCUT2D eigenvalue weighted by molar-refractivity contribution is 14.1. The Hall–Kier alpha value is -1.60. The van der Waals surface area contributed by atoms with Crippen molar-refractivity contribution in [1.82, 2.24) is 4.90 Å². The minimum atomic E-state index is -0.971. The van der Waals surface area contributed by atoms with Crippen LogP contribution in [-0.2, 0) is 20.9 Å². The van der Waals surface area contributed by atoms with Gasteiger partial charge in [-0.3, -0.25) is 14.5 Å². The number of imide groups is 1. The van der Waals surface area contributed by atoms with Crippen molar-refractivity contribution >= 4 is 80.1 Å². The molecule has 2 aromatic carbocycles. The third-order valence-electron chi connectivity index (χ3n) is 4.54. The summed E-state index contributed by atoms with van der Waals surface area (Å²) in [6.45, 7) is 3.97. The van der Waals surface area contributed by atoms with Gasteiger partial charge in [0.25, 0.3) is 11.1 Å². The van der Waals surface area contributed by atoms with Crippen molar-refractivity contribution in [2.45, 2.75) is 26.5 Å². The van der Waals surface area contributed by atoms with Crippen LogP contribution in [0.5, 0.6) is 5.75 Å². The highest BCUT2D eigenvalue weighted by atomic mass is 127. The molecule has 0 aromatic heterocycles. The first-order valence-electron chi connectivity index (χ1n) is 9.23. The number of ether oxygens (including phenoxy) is 2. The molecule has 0 spiro atoms. The zero-order valence-corrected chi connectivity index (χ0v) is 22.1. The molecule has 1 heterocycles. The number of esters is 1. The molecule has 0 unspecified atom stereocenters. The van der Waals surface area contributed by atoms with E-state index in [9.17, 15) is 14.4 Å². The predicted octanol–water partition coefficient (Wildman–Crippen LogP) is 5.38. The number of aryl methyl sites for hydroxylation is 1. The van der Waals surface area contributed by atoms with E-state index in [2.05, 4.69) is 56.0 Å². The van der Waals surface area contributed by atoms with E-state index in [4.69, 9.17) is 4.74 Å². The average Bonchev–Trinajstić information content (AvgIpc) is 2.99. The molecule has 0 N–H and O–H groups in total. The van der Waals surface area contributed by atoms with Crippen LogP contribution in [0, 0.1) is 14.1 Å². The van der Waals surface area contributed by atoms with Crippen LogP contribution >= 0.6 is 56.9 Å². The van der Waals surface area contributed by atoms with Gasteiger partial charge >= 0.3 is 5.97 Å². The Morgan fingerprint density at radius 3 is 2.48 bits per heavy atom. The summed E-state index contributed by atoms with van der Waals surface area (Å²) in [4.78, 5) is 37.9. The monoisotopic (exact) mass is 663 g/mol. The lowest BCUT2D eigenvalue weighted by Gasteiger charge is -2.18. The first-order chi connectivity index (χ1) is 14.7. The molecule has 3 rings (SSSR count). The summed E-state index contributed by atoms with van der Waals surface area (Å²) in [7, 11) is 1.22. The summed E-state index contributed by atoms with van der Waals surface area (Å²) >= 11 is 5.20. The summed E-state index contributed by atoms with van der Waals surface area (Å²) in [6, 6.07) is 11.0. The molecule has 0 bridgehead atoms. The van der Waals surface area contributed by atoms with Gasteiger partial charge in [-0.1, -0.05) is 29.8 Å². The molecule has 1 aliphatic heterocycles. The van der Waals surface area contributed by atoms with Gasteiger partial charge in [-0.15, -0.1) is 0 Å². The van der Waals surface area contributed by atoms with Crippen molar-refractivity contribution in [2.75, 3.05) is 7.11 Å². The summed E-state index contributed by atoms with van der Waals surface area (Å²) in [6.07, 6.45) is 1.66. The van der Waals surface area contributed by atoms with Gasteiger partial charge in [-0.05, 0) is 100 Å². The van der Waals surface area contributed by atoms with E-state index in [0.717, 1.165) is 40.7 Å². The molecule has 1 saturated heterocycles. The van der Waals surface area contributed by atoms with E-state index in [1.165, 1.54) is 19.6 Å². The van der Waals surface area contributed by atoms with Crippen molar-refractivity contribution in [3.8, 4) is 5.75 Å². The Labute approximate surface area is 212 Å². The Morgan fingerprint density at radius 1 is 1.19 bits per heavy atom. The maximum Gasteiger partial charge on any atom is 0.328 e. The molecular formula is C22H19I2NO5S. The normalized spacial score (nSPS) is 16.0. The lowest BCUT2D eigenvalue weighted by atomic mass is 10.1. The minimum absolute atomic E-state index is 0.265. The van der Waals surface area contributed by atoms with E-state index < -0.39 is 23.2 Å². The first kappa shape index (κ1) is 24.1. The molecule has 9 heteroatoms.